The molecule has 38 heavy (non-hydrogen) atoms. The molecule has 0 bridgehead atoms. The molecule has 0 spiro atoms. The van der Waals surface area contributed by atoms with Crippen molar-refractivity contribution in [3.05, 3.63) is 88.4 Å². The molecule has 3 aromatic carbocycles. The third kappa shape index (κ3) is 5.50. The van der Waals surface area contributed by atoms with Crippen molar-refractivity contribution in [1.82, 2.24) is 9.62 Å². The van der Waals surface area contributed by atoms with Crippen molar-refractivity contribution in [2.75, 3.05) is 6.54 Å². The summed E-state index contributed by atoms with van der Waals surface area (Å²) >= 11 is 3.28. The summed E-state index contributed by atoms with van der Waals surface area (Å²) in [5, 5.41) is 21.8. The molecule has 3 aromatic rings. The number of carbonyl (C=O) groups is 2. The van der Waals surface area contributed by atoms with Crippen molar-refractivity contribution in [3.63, 3.8) is 0 Å². The van der Waals surface area contributed by atoms with Crippen LogP contribution in [0.3, 0.4) is 0 Å². The molecule has 1 aliphatic rings. The minimum atomic E-state index is -3.99. The van der Waals surface area contributed by atoms with Gasteiger partial charge in [-0.3, -0.25) is 4.79 Å². The number of carbonyl (C=O) groups excluding carboxylic acids is 1. The van der Waals surface area contributed by atoms with Crippen LogP contribution in [-0.2, 0) is 26.0 Å². The highest BCUT2D eigenvalue weighted by Crippen LogP contribution is 2.35. The van der Waals surface area contributed by atoms with Gasteiger partial charge in [-0.15, -0.1) is 0 Å². The minimum Gasteiger partial charge on any atom is -0.480 e. The number of halogens is 1. The smallest absolute Gasteiger partial charge is 0.326 e. The number of sulfonamides is 1. The number of carboxylic acid groups (broad SMARTS) is 1. The fourth-order valence-corrected chi connectivity index (χ4v) is 7.11. The predicted octanol–water partition coefficient (Wildman–Crippen LogP) is 4.34. The first-order valence-electron chi connectivity index (χ1n) is 12.0. The van der Waals surface area contributed by atoms with Crippen LogP contribution in [0.25, 0.3) is 11.1 Å². The number of hydrogen-bond acceptors (Lipinski definition) is 5. The van der Waals surface area contributed by atoms with Crippen molar-refractivity contribution < 1.29 is 23.1 Å². The molecular weight excluding hydrogens is 570 g/mol. The van der Waals surface area contributed by atoms with Crippen LogP contribution < -0.4 is 5.32 Å². The average molecular weight is 597 g/mol. The molecule has 4 rings (SSSR count). The van der Waals surface area contributed by atoms with E-state index in [0.717, 1.165) is 15.4 Å². The molecule has 1 unspecified atom stereocenters. The van der Waals surface area contributed by atoms with Crippen molar-refractivity contribution in [1.29, 1.82) is 5.26 Å². The van der Waals surface area contributed by atoms with Gasteiger partial charge in [-0.05, 0) is 60.7 Å². The Balaban J connectivity index is 1.53. The zero-order valence-electron chi connectivity index (χ0n) is 20.6. The molecule has 2 atom stereocenters. The van der Waals surface area contributed by atoms with Crippen LogP contribution in [0.1, 0.15) is 30.9 Å². The van der Waals surface area contributed by atoms with E-state index in [0.29, 0.717) is 22.0 Å². The van der Waals surface area contributed by atoms with Gasteiger partial charge in [0.15, 0.2) is 0 Å². The first kappa shape index (κ1) is 27.5. The lowest BCUT2D eigenvalue weighted by atomic mass is 9.96. The molecule has 0 aliphatic carbocycles. The Morgan fingerprint density at radius 3 is 2.50 bits per heavy atom. The van der Waals surface area contributed by atoms with Crippen molar-refractivity contribution >= 4 is 37.8 Å². The molecule has 1 amide bonds. The van der Waals surface area contributed by atoms with E-state index in [1.54, 1.807) is 48.5 Å². The van der Waals surface area contributed by atoms with Gasteiger partial charge in [0.1, 0.15) is 11.6 Å². The van der Waals surface area contributed by atoms with E-state index < -0.39 is 33.5 Å². The Labute approximate surface area is 230 Å². The summed E-state index contributed by atoms with van der Waals surface area (Å²) in [6.07, 6.45) is 0.752. The summed E-state index contributed by atoms with van der Waals surface area (Å²) in [5.41, 5.74) is 1.35. The summed E-state index contributed by atoms with van der Waals surface area (Å²) in [5.74, 6) is -1.87. The lowest BCUT2D eigenvalue weighted by Gasteiger charge is -2.34. The Morgan fingerprint density at radius 2 is 1.84 bits per heavy atom. The fourth-order valence-electron chi connectivity index (χ4n) is 4.71. The third-order valence-corrected chi connectivity index (χ3v) is 9.31. The topological polar surface area (TPSA) is 128 Å². The second-order valence-electron chi connectivity index (χ2n) is 9.33. The van der Waals surface area contributed by atoms with E-state index in [9.17, 15) is 28.4 Å². The van der Waals surface area contributed by atoms with Gasteiger partial charge in [-0.1, -0.05) is 64.5 Å². The third-order valence-electron chi connectivity index (χ3n) is 6.80. The molecule has 8 nitrogen and oxygen atoms in total. The summed E-state index contributed by atoms with van der Waals surface area (Å²) in [4.78, 5) is 25.6. The molecule has 0 radical (unpaired) electrons. The maximum Gasteiger partial charge on any atom is 0.326 e. The van der Waals surface area contributed by atoms with Crippen molar-refractivity contribution in [2.24, 2.45) is 0 Å². The number of rotatable bonds is 8. The highest BCUT2D eigenvalue weighted by atomic mass is 79.9. The second-order valence-corrected chi connectivity index (χ2v) is 12.1. The highest BCUT2D eigenvalue weighted by molar-refractivity contribution is 9.10. The Kier molecular flexibility index (Phi) is 8.02. The molecule has 0 saturated carbocycles. The van der Waals surface area contributed by atoms with Gasteiger partial charge < -0.3 is 10.4 Å². The molecule has 2 N–H and O–H groups in total. The molecule has 1 fully saturated rings. The SMILES string of the molecule is C[C@@]1(C(=O)NC(Cc2ccc(-c3ccccc3C#N)cc2)C(=O)O)CCCN1S(=O)(=O)c1cccc(Br)c1. The van der Waals surface area contributed by atoms with Crippen LogP contribution in [-0.4, -0.2) is 47.8 Å². The average Bonchev–Trinajstić information content (AvgIpc) is 3.32. The maximum atomic E-state index is 13.4. The van der Waals surface area contributed by atoms with Gasteiger partial charge in [-0.2, -0.15) is 9.57 Å². The van der Waals surface area contributed by atoms with Crippen molar-refractivity contribution in [3.8, 4) is 17.2 Å². The number of carboxylic acids is 1. The van der Waals surface area contributed by atoms with E-state index in [2.05, 4.69) is 27.3 Å². The first-order chi connectivity index (χ1) is 18.1. The predicted molar refractivity (Wildman–Crippen MR) is 146 cm³/mol. The molecular formula is C28H26BrN3O5S. The quantitative estimate of drug-likeness (QED) is 0.398. The summed E-state index contributed by atoms with van der Waals surface area (Å²) in [7, 11) is -3.99. The van der Waals surface area contributed by atoms with Crippen molar-refractivity contribution in [2.45, 2.75) is 42.7 Å². The number of hydrogen-bond donors (Lipinski definition) is 2. The van der Waals surface area contributed by atoms with Gasteiger partial charge in [0.05, 0.1) is 16.5 Å². The van der Waals surface area contributed by atoms with E-state index in [-0.39, 0.29) is 24.3 Å². The van der Waals surface area contributed by atoms with Crippen LogP contribution in [0.2, 0.25) is 0 Å². The zero-order valence-corrected chi connectivity index (χ0v) is 23.0. The number of aliphatic carboxylic acids is 1. The standard InChI is InChI=1S/C28H26BrN3O5S/c1-28(14-5-15-32(28)38(36,37)23-8-4-7-22(29)17-23)27(35)31-25(26(33)34)16-19-10-12-20(13-11-19)24-9-3-2-6-21(24)18-30/h2-4,6-13,17,25H,5,14-16H2,1H3,(H,31,35)(H,33,34)/t25?,28-/m0/s1. The highest BCUT2D eigenvalue weighted by Gasteiger charge is 2.50. The largest absolute Gasteiger partial charge is 0.480 e. The van der Waals surface area contributed by atoms with E-state index >= 15 is 0 Å². The summed E-state index contributed by atoms with van der Waals surface area (Å²) in [6, 6.07) is 21.5. The normalized spacial score (nSPS) is 18.4. The Morgan fingerprint density at radius 1 is 1.13 bits per heavy atom. The Bertz CT molecular complexity index is 1520. The van der Waals surface area contributed by atoms with Crippen LogP contribution in [0.15, 0.2) is 82.2 Å². The first-order valence-corrected chi connectivity index (χ1v) is 14.2. The van der Waals surface area contributed by atoms with Crippen LogP contribution in [0.5, 0.6) is 0 Å². The lowest BCUT2D eigenvalue weighted by molar-refractivity contribution is -0.143. The molecule has 1 saturated heterocycles. The Hall–Kier alpha value is -3.52. The molecule has 10 heteroatoms. The van der Waals surface area contributed by atoms with E-state index in [1.807, 2.05) is 12.1 Å². The van der Waals surface area contributed by atoms with Gasteiger partial charge in [-0.25, -0.2) is 13.2 Å². The zero-order chi connectivity index (χ0) is 27.5. The number of nitrogens with zero attached hydrogens (tertiary/aromatic N) is 2. The maximum absolute atomic E-state index is 13.4. The molecule has 1 heterocycles. The van der Waals surface area contributed by atoms with E-state index in [4.69, 9.17) is 0 Å². The van der Waals surface area contributed by atoms with Gasteiger partial charge in [0.25, 0.3) is 0 Å². The summed E-state index contributed by atoms with van der Waals surface area (Å²) in [6.45, 7) is 1.69. The number of amides is 1. The number of benzene rings is 3. The van der Waals surface area contributed by atoms with Crippen LogP contribution >= 0.6 is 15.9 Å². The molecule has 1 aliphatic heterocycles. The fraction of sp³-hybridized carbons (Fsp3) is 0.250. The summed E-state index contributed by atoms with van der Waals surface area (Å²) < 4.78 is 28.6. The van der Waals surface area contributed by atoms with E-state index in [1.165, 1.54) is 19.1 Å². The molecule has 196 valence electrons. The van der Waals surface area contributed by atoms with Crippen LogP contribution in [0.4, 0.5) is 0 Å². The minimum absolute atomic E-state index is 0.00964. The van der Waals surface area contributed by atoms with Gasteiger partial charge in [0, 0.05) is 17.4 Å². The monoisotopic (exact) mass is 595 g/mol. The van der Waals surface area contributed by atoms with Gasteiger partial charge >= 0.3 is 5.97 Å². The van der Waals surface area contributed by atoms with Crippen LogP contribution in [0, 0.1) is 11.3 Å². The number of nitriles is 1. The van der Waals surface area contributed by atoms with Gasteiger partial charge in [0.2, 0.25) is 15.9 Å². The second kappa shape index (κ2) is 11.1. The molecule has 0 aromatic heterocycles. The number of nitrogens with one attached hydrogen (secondary N) is 1. The lowest BCUT2D eigenvalue weighted by Crippen LogP contribution is -2.58.